The van der Waals surface area contributed by atoms with E-state index in [2.05, 4.69) is 23.6 Å². The molecule has 2 fully saturated rings. The summed E-state index contributed by atoms with van der Waals surface area (Å²) in [5.41, 5.74) is 1.20. The summed E-state index contributed by atoms with van der Waals surface area (Å²) in [6.07, 6.45) is -0.281. The Balaban J connectivity index is 0.000000396. The van der Waals surface area contributed by atoms with Gasteiger partial charge in [-0.2, -0.15) is 13.2 Å². The minimum atomic E-state index is -5.08. The second-order valence-electron chi connectivity index (χ2n) is 7.50. The van der Waals surface area contributed by atoms with Crippen molar-refractivity contribution >= 4 is 11.9 Å². The third-order valence-corrected chi connectivity index (χ3v) is 5.57. The van der Waals surface area contributed by atoms with Gasteiger partial charge < -0.3 is 14.7 Å². The van der Waals surface area contributed by atoms with Gasteiger partial charge in [-0.3, -0.25) is 9.69 Å². The molecular weight excluding hydrogens is 401 g/mol. The van der Waals surface area contributed by atoms with E-state index in [1.807, 2.05) is 23.1 Å². The summed E-state index contributed by atoms with van der Waals surface area (Å²) >= 11 is 0. The fraction of sp³-hybridized carbons (Fsp3) is 0.524. The van der Waals surface area contributed by atoms with Crippen LogP contribution in [0.1, 0.15) is 24.8 Å². The van der Waals surface area contributed by atoms with Crippen LogP contribution in [-0.4, -0.2) is 66.2 Å². The monoisotopic (exact) mass is 428 g/mol. The number of carbonyl (C=O) groups excluding carboxylic acids is 1. The number of methoxy groups -OCH3 is 1. The maximum atomic E-state index is 12.7. The minimum absolute atomic E-state index is 0.0978. The molecule has 3 rings (SSSR count). The molecule has 0 aliphatic carbocycles. The lowest BCUT2D eigenvalue weighted by Gasteiger charge is -2.38. The number of halogens is 3. The van der Waals surface area contributed by atoms with Crippen molar-refractivity contribution in [1.29, 1.82) is 0 Å². The second kappa shape index (κ2) is 9.97. The van der Waals surface area contributed by atoms with Crippen LogP contribution < -0.4 is 4.74 Å². The molecule has 2 aliphatic rings. The molecule has 1 amide bonds. The van der Waals surface area contributed by atoms with Crippen LogP contribution in [0.3, 0.4) is 0 Å². The molecule has 1 aromatic carbocycles. The molecule has 30 heavy (non-hydrogen) atoms. The normalized spacial score (nSPS) is 18.7. The number of carbonyl (C=O) groups is 2. The molecule has 0 aromatic heterocycles. The molecule has 1 N–H and O–H groups in total. The van der Waals surface area contributed by atoms with Crippen molar-refractivity contribution < 1.29 is 32.6 Å². The summed E-state index contributed by atoms with van der Waals surface area (Å²) in [5, 5.41) is 7.12. The maximum absolute atomic E-state index is 12.7. The minimum Gasteiger partial charge on any atom is -0.497 e. The highest BCUT2D eigenvalue weighted by Crippen LogP contribution is 2.41. The van der Waals surface area contributed by atoms with Gasteiger partial charge in [-0.1, -0.05) is 18.2 Å². The quantitative estimate of drug-likeness (QED) is 0.729. The van der Waals surface area contributed by atoms with Crippen LogP contribution in [0, 0.1) is 5.41 Å². The first-order chi connectivity index (χ1) is 14.1. The summed E-state index contributed by atoms with van der Waals surface area (Å²) in [6, 6.07) is 8.26. The Morgan fingerprint density at radius 1 is 1.20 bits per heavy atom. The summed E-state index contributed by atoms with van der Waals surface area (Å²) in [4.78, 5) is 26.0. The number of alkyl halides is 3. The number of carboxylic acids is 1. The van der Waals surface area contributed by atoms with Gasteiger partial charge in [-0.05, 0) is 50.0 Å². The van der Waals surface area contributed by atoms with E-state index in [0.717, 1.165) is 51.2 Å². The number of carboxylic acid groups (broad SMARTS) is 1. The Morgan fingerprint density at radius 3 is 2.20 bits per heavy atom. The number of rotatable bonds is 5. The molecule has 2 aliphatic heterocycles. The number of amides is 1. The Kier molecular flexibility index (Phi) is 7.89. The molecule has 166 valence electrons. The predicted molar refractivity (Wildman–Crippen MR) is 105 cm³/mol. The Labute approximate surface area is 173 Å². The fourth-order valence-corrected chi connectivity index (χ4v) is 3.82. The van der Waals surface area contributed by atoms with E-state index in [1.54, 1.807) is 7.11 Å². The van der Waals surface area contributed by atoms with Gasteiger partial charge in [-0.25, -0.2) is 4.79 Å². The molecule has 1 aromatic rings. The van der Waals surface area contributed by atoms with Crippen molar-refractivity contribution in [3.05, 3.63) is 42.5 Å². The lowest BCUT2D eigenvalue weighted by molar-refractivity contribution is -0.192. The first-order valence-corrected chi connectivity index (χ1v) is 9.67. The lowest BCUT2D eigenvalue weighted by Crippen LogP contribution is -2.44. The number of aliphatic carboxylic acids is 1. The average Bonchev–Trinajstić information content (AvgIpc) is 3.00. The van der Waals surface area contributed by atoms with Crippen LogP contribution in [0.15, 0.2) is 36.9 Å². The zero-order valence-electron chi connectivity index (χ0n) is 17.0. The molecular formula is C21H27F3N2O4. The van der Waals surface area contributed by atoms with E-state index in [4.69, 9.17) is 14.6 Å². The molecule has 6 nitrogen and oxygen atoms in total. The summed E-state index contributed by atoms with van der Waals surface area (Å²) in [7, 11) is 1.69. The Hall–Kier alpha value is -2.55. The van der Waals surface area contributed by atoms with Crippen molar-refractivity contribution in [1.82, 2.24) is 9.80 Å². The van der Waals surface area contributed by atoms with E-state index in [-0.39, 0.29) is 5.41 Å². The molecule has 0 radical (unpaired) electrons. The van der Waals surface area contributed by atoms with Crippen molar-refractivity contribution in [2.24, 2.45) is 5.41 Å². The predicted octanol–water partition coefficient (Wildman–Crippen LogP) is 3.33. The summed E-state index contributed by atoms with van der Waals surface area (Å²) < 4.78 is 36.9. The molecule has 2 saturated heterocycles. The highest BCUT2D eigenvalue weighted by Gasteiger charge is 2.47. The van der Waals surface area contributed by atoms with Crippen LogP contribution in [0.25, 0.3) is 0 Å². The SMILES string of the molecule is C=CCN1CCC2(CCN(Cc3ccc(OC)cc3)CC2)C1=O.O=C(O)C(F)(F)F. The Bertz CT molecular complexity index is 742. The van der Waals surface area contributed by atoms with E-state index in [1.165, 1.54) is 5.56 Å². The first kappa shape index (κ1) is 23.7. The standard InChI is InChI=1S/C19H26N2O2.C2HF3O2/c1-3-11-21-14-10-19(18(21)22)8-12-20(13-9-19)15-16-4-6-17(23-2)7-5-16;3-2(4,5)1(6)7/h3-7H,1,8-15H2,2H3;(H,6,7). The van der Waals surface area contributed by atoms with E-state index in [0.29, 0.717) is 12.5 Å². The molecule has 9 heteroatoms. The van der Waals surface area contributed by atoms with Crippen molar-refractivity contribution in [3.63, 3.8) is 0 Å². The topological polar surface area (TPSA) is 70.1 Å². The number of ether oxygens (including phenoxy) is 1. The molecule has 0 unspecified atom stereocenters. The van der Waals surface area contributed by atoms with Crippen LogP contribution in [0.4, 0.5) is 13.2 Å². The lowest BCUT2D eigenvalue weighted by atomic mass is 9.77. The summed E-state index contributed by atoms with van der Waals surface area (Å²) in [5.74, 6) is -1.51. The highest BCUT2D eigenvalue weighted by atomic mass is 19.4. The third-order valence-electron chi connectivity index (χ3n) is 5.57. The van der Waals surface area contributed by atoms with Gasteiger partial charge in [0, 0.05) is 19.6 Å². The fourth-order valence-electron chi connectivity index (χ4n) is 3.82. The molecule has 1 spiro atoms. The third kappa shape index (κ3) is 5.98. The van der Waals surface area contributed by atoms with Crippen molar-refractivity contribution in [2.75, 3.05) is 33.3 Å². The zero-order valence-corrected chi connectivity index (χ0v) is 17.0. The van der Waals surface area contributed by atoms with Gasteiger partial charge >= 0.3 is 12.1 Å². The number of hydrogen-bond acceptors (Lipinski definition) is 4. The van der Waals surface area contributed by atoms with Gasteiger partial charge in [0.25, 0.3) is 0 Å². The number of nitrogens with zero attached hydrogens (tertiary/aromatic N) is 2. The average molecular weight is 428 g/mol. The second-order valence-corrected chi connectivity index (χ2v) is 7.50. The van der Waals surface area contributed by atoms with Crippen LogP contribution in [-0.2, 0) is 16.1 Å². The molecule has 0 atom stereocenters. The zero-order chi connectivity index (χ0) is 22.4. The van der Waals surface area contributed by atoms with Crippen LogP contribution in [0.2, 0.25) is 0 Å². The van der Waals surface area contributed by atoms with Crippen LogP contribution in [0.5, 0.6) is 5.75 Å². The van der Waals surface area contributed by atoms with E-state index >= 15 is 0 Å². The van der Waals surface area contributed by atoms with Gasteiger partial charge in [0.1, 0.15) is 5.75 Å². The van der Waals surface area contributed by atoms with E-state index < -0.39 is 12.1 Å². The molecule has 0 saturated carbocycles. The maximum Gasteiger partial charge on any atom is 0.490 e. The number of hydrogen-bond donors (Lipinski definition) is 1. The van der Waals surface area contributed by atoms with Crippen molar-refractivity contribution in [3.8, 4) is 5.75 Å². The molecule has 0 bridgehead atoms. The van der Waals surface area contributed by atoms with E-state index in [9.17, 15) is 18.0 Å². The number of likely N-dealkylation sites (tertiary alicyclic amines) is 2. The number of benzene rings is 1. The summed E-state index contributed by atoms with van der Waals surface area (Å²) in [6.45, 7) is 8.28. The first-order valence-electron chi connectivity index (χ1n) is 9.67. The van der Waals surface area contributed by atoms with Crippen molar-refractivity contribution in [2.45, 2.75) is 32.0 Å². The molecule has 2 heterocycles. The highest BCUT2D eigenvalue weighted by molar-refractivity contribution is 5.85. The smallest absolute Gasteiger partial charge is 0.490 e. The van der Waals surface area contributed by atoms with Gasteiger partial charge in [0.15, 0.2) is 0 Å². The number of piperidine rings is 1. The van der Waals surface area contributed by atoms with Gasteiger partial charge in [-0.15, -0.1) is 6.58 Å². The van der Waals surface area contributed by atoms with Crippen LogP contribution >= 0.6 is 0 Å². The Morgan fingerprint density at radius 2 is 1.73 bits per heavy atom. The van der Waals surface area contributed by atoms with Gasteiger partial charge in [0.05, 0.1) is 12.5 Å². The largest absolute Gasteiger partial charge is 0.497 e. The van der Waals surface area contributed by atoms with Gasteiger partial charge in [0.2, 0.25) is 5.91 Å².